The molecule has 0 unspecified atom stereocenters. The number of rotatable bonds is 3. The first kappa shape index (κ1) is 12.2. The number of hydrogen-bond acceptors (Lipinski definition) is 4. The van der Waals surface area contributed by atoms with Crippen LogP contribution in [-0.2, 0) is 17.7 Å². The van der Waals surface area contributed by atoms with E-state index in [1.807, 2.05) is 19.1 Å². The number of methoxy groups -OCH3 is 1. The summed E-state index contributed by atoms with van der Waals surface area (Å²) >= 11 is 0. The number of esters is 1. The maximum absolute atomic E-state index is 11.6. The SMILES string of the molecule is CCc1cc(CN)cc(C#N)c1C(=O)OC. The van der Waals surface area contributed by atoms with E-state index in [4.69, 9.17) is 11.0 Å². The van der Waals surface area contributed by atoms with E-state index < -0.39 is 5.97 Å². The summed E-state index contributed by atoms with van der Waals surface area (Å²) in [7, 11) is 1.31. The molecule has 84 valence electrons. The Morgan fingerprint density at radius 3 is 2.69 bits per heavy atom. The van der Waals surface area contributed by atoms with Gasteiger partial charge in [0.25, 0.3) is 0 Å². The average Bonchev–Trinajstić information content (AvgIpc) is 2.35. The Labute approximate surface area is 94.6 Å². The molecule has 0 heterocycles. The average molecular weight is 218 g/mol. The summed E-state index contributed by atoms with van der Waals surface area (Å²) in [5.41, 5.74) is 7.85. The van der Waals surface area contributed by atoms with Gasteiger partial charge >= 0.3 is 5.97 Å². The number of carbonyl (C=O) groups is 1. The van der Waals surface area contributed by atoms with E-state index in [-0.39, 0.29) is 0 Å². The van der Waals surface area contributed by atoms with E-state index in [2.05, 4.69) is 4.74 Å². The fourth-order valence-corrected chi connectivity index (χ4v) is 1.60. The highest BCUT2D eigenvalue weighted by molar-refractivity contribution is 5.94. The second kappa shape index (κ2) is 5.29. The first-order chi connectivity index (χ1) is 7.67. The maximum Gasteiger partial charge on any atom is 0.339 e. The number of carbonyl (C=O) groups excluding carboxylic acids is 1. The smallest absolute Gasteiger partial charge is 0.339 e. The molecule has 0 aliphatic rings. The van der Waals surface area contributed by atoms with Crippen molar-refractivity contribution in [1.29, 1.82) is 5.26 Å². The number of nitrogens with zero attached hydrogens (tertiary/aromatic N) is 1. The van der Waals surface area contributed by atoms with Crippen molar-refractivity contribution in [3.8, 4) is 6.07 Å². The summed E-state index contributed by atoms with van der Waals surface area (Å²) < 4.78 is 4.67. The molecular formula is C12H14N2O2. The topological polar surface area (TPSA) is 76.1 Å². The molecule has 0 amide bonds. The van der Waals surface area contributed by atoms with E-state index in [1.54, 1.807) is 6.07 Å². The van der Waals surface area contributed by atoms with Crippen molar-refractivity contribution in [2.24, 2.45) is 5.73 Å². The lowest BCUT2D eigenvalue weighted by Gasteiger charge is -2.10. The van der Waals surface area contributed by atoms with Crippen LogP contribution in [0.4, 0.5) is 0 Å². The first-order valence-electron chi connectivity index (χ1n) is 5.02. The van der Waals surface area contributed by atoms with Gasteiger partial charge in [-0.3, -0.25) is 0 Å². The Bertz CT molecular complexity index is 447. The molecule has 1 rings (SSSR count). The van der Waals surface area contributed by atoms with Crippen LogP contribution in [0.25, 0.3) is 0 Å². The van der Waals surface area contributed by atoms with Gasteiger partial charge in [-0.15, -0.1) is 0 Å². The second-order valence-electron chi connectivity index (χ2n) is 3.34. The van der Waals surface area contributed by atoms with Crippen LogP contribution in [0.3, 0.4) is 0 Å². The van der Waals surface area contributed by atoms with Crippen molar-refractivity contribution in [3.63, 3.8) is 0 Å². The molecule has 4 nitrogen and oxygen atoms in total. The third kappa shape index (κ3) is 2.20. The van der Waals surface area contributed by atoms with Crippen LogP contribution in [-0.4, -0.2) is 13.1 Å². The first-order valence-corrected chi connectivity index (χ1v) is 5.02. The summed E-state index contributed by atoms with van der Waals surface area (Å²) in [5.74, 6) is -0.475. The summed E-state index contributed by atoms with van der Waals surface area (Å²) in [6.07, 6.45) is 0.660. The van der Waals surface area contributed by atoms with Crippen molar-refractivity contribution < 1.29 is 9.53 Å². The number of aryl methyl sites for hydroxylation is 1. The zero-order chi connectivity index (χ0) is 12.1. The summed E-state index contributed by atoms with van der Waals surface area (Å²) in [5, 5.41) is 9.00. The molecule has 0 saturated heterocycles. The second-order valence-corrected chi connectivity index (χ2v) is 3.34. The van der Waals surface area contributed by atoms with Crippen molar-refractivity contribution >= 4 is 5.97 Å². The molecular weight excluding hydrogens is 204 g/mol. The predicted octanol–water partition coefficient (Wildman–Crippen LogP) is 1.37. The van der Waals surface area contributed by atoms with Crippen molar-refractivity contribution in [1.82, 2.24) is 0 Å². The van der Waals surface area contributed by atoms with Gasteiger partial charge in [-0.1, -0.05) is 13.0 Å². The lowest BCUT2D eigenvalue weighted by molar-refractivity contribution is 0.0599. The Kier molecular flexibility index (Phi) is 4.03. The van der Waals surface area contributed by atoms with Gasteiger partial charge in [-0.2, -0.15) is 5.26 Å². The number of benzene rings is 1. The van der Waals surface area contributed by atoms with Crippen molar-refractivity contribution in [2.45, 2.75) is 19.9 Å². The Morgan fingerprint density at radius 2 is 2.25 bits per heavy atom. The molecule has 0 aliphatic heterocycles. The molecule has 0 spiro atoms. The van der Waals surface area contributed by atoms with Crippen molar-refractivity contribution in [2.75, 3.05) is 7.11 Å². The summed E-state index contributed by atoms with van der Waals surface area (Å²) in [6, 6.07) is 5.47. The fourth-order valence-electron chi connectivity index (χ4n) is 1.60. The standard InChI is InChI=1S/C12H14N2O2/c1-3-9-4-8(6-13)5-10(7-14)11(9)12(15)16-2/h4-5H,3,6,13H2,1-2H3. The highest BCUT2D eigenvalue weighted by Crippen LogP contribution is 2.19. The van der Waals surface area contributed by atoms with Crippen LogP contribution in [0, 0.1) is 11.3 Å². The molecule has 0 atom stereocenters. The number of ether oxygens (including phenoxy) is 1. The molecule has 4 heteroatoms. The van der Waals surface area contributed by atoms with Gasteiger partial charge in [0.15, 0.2) is 0 Å². The van der Waals surface area contributed by atoms with Crippen molar-refractivity contribution in [3.05, 3.63) is 34.4 Å². The van der Waals surface area contributed by atoms with Gasteiger partial charge < -0.3 is 10.5 Å². The largest absolute Gasteiger partial charge is 0.465 e. The Morgan fingerprint density at radius 1 is 1.56 bits per heavy atom. The molecule has 1 aromatic carbocycles. The van der Waals surface area contributed by atoms with E-state index >= 15 is 0 Å². The minimum absolute atomic E-state index is 0.326. The summed E-state index contributed by atoms with van der Waals surface area (Å²) in [6.45, 7) is 2.27. The highest BCUT2D eigenvalue weighted by atomic mass is 16.5. The molecule has 0 aliphatic carbocycles. The minimum Gasteiger partial charge on any atom is -0.465 e. The van der Waals surface area contributed by atoms with Crippen LogP contribution in [0.5, 0.6) is 0 Å². The molecule has 0 aromatic heterocycles. The molecule has 0 saturated carbocycles. The molecule has 1 aromatic rings. The number of nitriles is 1. The normalized spacial score (nSPS) is 9.62. The van der Waals surface area contributed by atoms with Gasteiger partial charge in [0.05, 0.1) is 18.2 Å². The molecule has 16 heavy (non-hydrogen) atoms. The molecule has 0 bridgehead atoms. The van der Waals surface area contributed by atoms with E-state index in [0.717, 1.165) is 11.1 Å². The van der Waals surface area contributed by atoms with Gasteiger partial charge in [-0.05, 0) is 23.6 Å². The van der Waals surface area contributed by atoms with Gasteiger partial charge in [0.2, 0.25) is 0 Å². The van der Waals surface area contributed by atoms with Crippen LogP contribution in [0.15, 0.2) is 12.1 Å². The van der Waals surface area contributed by atoms with Gasteiger partial charge in [-0.25, -0.2) is 4.79 Å². The van der Waals surface area contributed by atoms with Crippen LogP contribution in [0.1, 0.15) is 34.0 Å². The molecule has 2 N–H and O–H groups in total. The molecule has 0 radical (unpaired) electrons. The lowest BCUT2D eigenvalue weighted by Crippen LogP contribution is -2.10. The predicted molar refractivity (Wildman–Crippen MR) is 59.8 cm³/mol. The van der Waals surface area contributed by atoms with Crippen LogP contribution in [0.2, 0.25) is 0 Å². The fraction of sp³-hybridized carbons (Fsp3) is 0.333. The third-order valence-electron chi connectivity index (χ3n) is 2.41. The Hall–Kier alpha value is -1.86. The summed E-state index contributed by atoms with van der Waals surface area (Å²) in [4.78, 5) is 11.6. The number of hydrogen-bond donors (Lipinski definition) is 1. The van der Waals surface area contributed by atoms with E-state index in [1.165, 1.54) is 7.11 Å². The zero-order valence-electron chi connectivity index (χ0n) is 9.41. The zero-order valence-corrected chi connectivity index (χ0v) is 9.41. The highest BCUT2D eigenvalue weighted by Gasteiger charge is 2.17. The Balaban J connectivity index is 3.45. The van der Waals surface area contributed by atoms with Gasteiger partial charge in [0, 0.05) is 6.54 Å². The third-order valence-corrected chi connectivity index (χ3v) is 2.41. The monoisotopic (exact) mass is 218 g/mol. The van der Waals surface area contributed by atoms with E-state index in [9.17, 15) is 4.79 Å². The van der Waals surface area contributed by atoms with Gasteiger partial charge in [0.1, 0.15) is 6.07 Å². The minimum atomic E-state index is -0.475. The van der Waals surface area contributed by atoms with Crippen LogP contribution < -0.4 is 5.73 Å². The quantitative estimate of drug-likeness (QED) is 0.777. The van der Waals surface area contributed by atoms with E-state index in [0.29, 0.717) is 24.1 Å². The lowest BCUT2D eigenvalue weighted by atomic mass is 9.96. The number of nitrogens with two attached hydrogens (primary N) is 1. The van der Waals surface area contributed by atoms with Crippen LogP contribution >= 0.6 is 0 Å². The maximum atomic E-state index is 11.6. The molecule has 0 fully saturated rings.